The first-order valence-corrected chi connectivity index (χ1v) is 17.4. The second-order valence-corrected chi connectivity index (χ2v) is 15.3. The molecule has 2 aromatic carbocycles. The lowest BCUT2D eigenvalue weighted by Gasteiger charge is -2.49. The van der Waals surface area contributed by atoms with Crippen LogP contribution < -0.4 is 16.0 Å². The molecule has 7 heterocycles. The summed E-state index contributed by atoms with van der Waals surface area (Å²) in [5.41, 5.74) is 1.19. The maximum Gasteiger partial charge on any atom is 0.417 e. The highest BCUT2D eigenvalue weighted by atomic mass is 32.1. The number of benzene rings is 2. The molecule has 0 unspecified atom stereocenters. The van der Waals surface area contributed by atoms with Crippen LogP contribution >= 0.6 is 11.3 Å². The van der Waals surface area contributed by atoms with Crippen molar-refractivity contribution in [3.05, 3.63) is 53.4 Å². The van der Waals surface area contributed by atoms with Crippen molar-refractivity contribution in [2.45, 2.75) is 74.2 Å². The molecule has 50 heavy (non-hydrogen) atoms. The minimum absolute atomic E-state index is 0.00938. The first-order chi connectivity index (χ1) is 23.9. The van der Waals surface area contributed by atoms with Crippen LogP contribution in [0.1, 0.15) is 55.2 Å². The van der Waals surface area contributed by atoms with E-state index in [1.54, 1.807) is 0 Å². The van der Waals surface area contributed by atoms with E-state index in [1.165, 1.54) is 0 Å². The van der Waals surface area contributed by atoms with E-state index in [1.807, 2.05) is 11.0 Å². The number of hydrogen-bond acceptors (Lipinski definition) is 9. The summed E-state index contributed by atoms with van der Waals surface area (Å²) in [6.07, 6.45) is -1.56. The summed E-state index contributed by atoms with van der Waals surface area (Å²) in [6.45, 7) is 5.96. The standard InChI is InChI=1S/C35H31F6N7OS/c1-16-9-22-34(49-14-33-6-2-8-47(33)12-17(36)10-33)7-5-18(46-34)13-48(22)32-26-23(16)27(35(39,40)41)25(28(38)29(26)44-15-45-32)19-3-4-21(37)30-24(19)20(11-42)31(43)50-30/h3-4,15,17-18,22,46H,1-2,5-10,12-14,43H2/t17-,18-,22-,33+,34+/m1/s1. The lowest BCUT2D eigenvalue weighted by atomic mass is 9.84. The van der Waals surface area contributed by atoms with Crippen LogP contribution in [0.15, 0.2) is 25.0 Å². The lowest BCUT2D eigenvalue weighted by Crippen LogP contribution is -2.68. The number of piperazine rings is 1. The van der Waals surface area contributed by atoms with Crippen LogP contribution in [0.25, 0.3) is 37.7 Å². The number of anilines is 2. The van der Waals surface area contributed by atoms with Crippen molar-refractivity contribution in [1.82, 2.24) is 20.2 Å². The number of nitrogens with two attached hydrogens (primary N) is 1. The van der Waals surface area contributed by atoms with Gasteiger partial charge in [0.2, 0.25) is 0 Å². The van der Waals surface area contributed by atoms with Crippen molar-refractivity contribution in [2.24, 2.45) is 0 Å². The molecule has 0 spiro atoms. The molecule has 5 atom stereocenters. The predicted molar refractivity (Wildman–Crippen MR) is 177 cm³/mol. The largest absolute Gasteiger partial charge is 0.417 e. The minimum Gasteiger partial charge on any atom is -0.389 e. The third-order valence-corrected chi connectivity index (χ3v) is 12.6. The van der Waals surface area contributed by atoms with Crippen LogP contribution in [0.3, 0.4) is 0 Å². The SMILES string of the molecule is C=C1C[C@H]2N(C[C@H]3CC[C@@]2(OC[C@@]24CCCN2C[C@H](F)C4)N3)c2ncnc3c(F)c(-c4ccc(F)c5sc(N)c(C#N)c45)c(C(F)(F)F)c1c23. The number of nitriles is 1. The quantitative estimate of drug-likeness (QED) is 0.220. The maximum absolute atomic E-state index is 17.0. The van der Waals surface area contributed by atoms with Crippen LogP contribution in [-0.4, -0.2) is 70.6 Å². The Kier molecular flexibility index (Phi) is 6.89. The van der Waals surface area contributed by atoms with Gasteiger partial charge >= 0.3 is 6.18 Å². The van der Waals surface area contributed by atoms with E-state index >= 15 is 22.0 Å². The van der Waals surface area contributed by atoms with Crippen molar-refractivity contribution < 1.29 is 31.1 Å². The first kappa shape index (κ1) is 32.0. The van der Waals surface area contributed by atoms with E-state index in [2.05, 4.69) is 26.8 Å². The Morgan fingerprint density at radius 2 is 1.98 bits per heavy atom. The molecule has 260 valence electrons. The van der Waals surface area contributed by atoms with Crippen LogP contribution in [0.2, 0.25) is 0 Å². The summed E-state index contributed by atoms with van der Waals surface area (Å²) in [7, 11) is 0. The Morgan fingerprint density at radius 1 is 1.16 bits per heavy atom. The number of nitrogens with one attached hydrogen (secondary N) is 1. The second kappa shape index (κ2) is 10.8. The predicted octanol–water partition coefficient (Wildman–Crippen LogP) is 6.91. The second-order valence-electron chi connectivity index (χ2n) is 14.2. The molecule has 4 aromatic rings. The van der Waals surface area contributed by atoms with Gasteiger partial charge < -0.3 is 15.4 Å². The van der Waals surface area contributed by atoms with E-state index in [0.29, 0.717) is 37.3 Å². The fourth-order valence-electron chi connectivity index (χ4n) is 9.53. The summed E-state index contributed by atoms with van der Waals surface area (Å²) in [6, 6.07) is 3.18. The summed E-state index contributed by atoms with van der Waals surface area (Å²) in [4.78, 5) is 12.7. The fraction of sp³-hybridized carbons (Fsp3) is 0.457. The average Bonchev–Trinajstić information content (AvgIpc) is 3.79. The molecule has 9 rings (SSSR count). The van der Waals surface area contributed by atoms with E-state index in [0.717, 1.165) is 44.3 Å². The molecular weight excluding hydrogens is 680 g/mol. The van der Waals surface area contributed by atoms with E-state index < -0.39 is 52.4 Å². The highest BCUT2D eigenvalue weighted by Crippen LogP contribution is 2.55. The maximum atomic E-state index is 17.0. The molecule has 2 bridgehead atoms. The molecule has 8 nitrogen and oxygen atoms in total. The Bertz CT molecular complexity index is 2180. The third kappa shape index (κ3) is 4.34. The molecule has 4 saturated heterocycles. The van der Waals surface area contributed by atoms with E-state index in [-0.39, 0.29) is 73.1 Å². The summed E-state index contributed by atoms with van der Waals surface area (Å²) in [5.74, 6) is -1.94. The van der Waals surface area contributed by atoms with Crippen molar-refractivity contribution in [1.29, 1.82) is 5.26 Å². The van der Waals surface area contributed by atoms with Crippen LogP contribution in [-0.2, 0) is 10.9 Å². The van der Waals surface area contributed by atoms with Crippen molar-refractivity contribution in [3.63, 3.8) is 0 Å². The molecule has 2 aromatic heterocycles. The van der Waals surface area contributed by atoms with Crippen molar-refractivity contribution in [3.8, 4) is 17.2 Å². The van der Waals surface area contributed by atoms with E-state index in [4.69, 9.17) is 10.5 Å². The third-order valence-electron chi connectivity index (χ3n) is 11.6. The number of thiophene rings is 1. The molecule has 3 N–H and O–H groups in total. The normalized spacial score (nSPS) is 29.1. The van der Waals surface area contributed by atoms with Gasteiger partial charge in [0.25, 0.3) is 0 Å². The first-order valence-electron chi connectivity index (χ1n) is 16.6. The van der Waals surface area contributed by atoms with Gasteiger partial charge in [-0.2, -0.15) is 18.4 Å². The molecule has 0 radical (unpaired) electrons. The Balaban J connectivity index is 1.24. The smallest absolute Gasteiger partial charge is 0.389 e. The topological polar surface area (TPSA) is 103 Å². The molecule has 0 amide bonds. The monoisotopic (exact) mass is 711 g/mol. The van der Waals surface area contributed by atoms with E-state index in [9.17, 15) is 9.65 Å². The molecule has 15 heteroatoms. The Morgan fingerprint density at radius 3 is 2.76 bits per heavy atom. The highest BCUT2D eigenvalue weighted by Gasteiger charge is 2.57. The van der Waals surface area contributed by atoms with Gasteiger partial charge in [0.15, 0.2) is 5.82 Å². The average molecular weight is 712 g/mol. The van der Waals surface area contributed by atoms with Crippen LogP contribution in [0.5, 0.6) is 0 Å². The van der Waals surface area contributed by atoms with Crippen LogP contribution in [0.4, 0.5) is 37.2 Å². The van der Waals surface area contributed by atoms with Crippen molar-refractivity contribution >= 4 is 48.7 Å². The van der Waals surface area contributed by atoms with Gasteiger partial charge in [0, 0.05) is 47.6 Å². The highest BCUT2D eigenvalue weighted by molar-refractivity contribution is 7.23. The van der Waals surface area contributed by atoms with Gasteiger partial charge in [0.1, 0.15) is 46.4 Å². The van der Waals surface area contributed by atoms with Gasteiger partial charge in [-0.3, -0.25) is 10.2 Å². The van der Waals surface area contributed by atoms with Crippen molar-refractivity contribution in [2.75, 3.05) is 36.9 Å². The van der Waals surface area contributed by atoms with Gasteiger partial charge in [-0.25, -0.2) is 23.1 Å². The zero-order valence-electron chi connectivity index (χ0n) is 26.6. The number of nitrogen functional groups attached to an aromatic ring is 1. The number of nitrogens with zero attached hydrogens (tertiary/aromatic N) is 5. The minimum atomic E-state index is -5.13. The molecular formula is C35H31F6N7OS. The molecule has 5 aliphatic rings. The Labute approximate surface area is 286 Å². The fourth-order valence-corrected chi connectivity index (χ4v) is 10.5. The lowest BCUT2D eigenvalue weighted by molar-refractivity contribution is -0.137. The summed E-state index contributed by atoms with van der Waals surface area (Å²) < 4.78 is 100. The Hall–Kier alpha value is -3.97. The van der Waals surface area contributed by atoms with Crippen LogP contribution in [0, 0.1) is 23.0 Å². The summed E-state index contributed by atoms with van der Waals surface area (Å²) >= 11 is 0.710. The molecule has 4 fully saturated rings. The molecule has 5 aliphatic heterocycles. The van der Waals surface area contributed by atoms with Gasteiger partial charge in [-0.05, 0) is 55.9 Å². The molecule has 0 aliphatic carbocycles. The van der Waals surface area contributed by atoms with Gasteiger partial charge in [-0.1, -0.05) is 12.6 Å². The molecule has 0 saturated carbocycles. The zero-order valence-corrected chi connectivity index (χ0v) is 27.5. The number of ether oxygens (including phenoxy) is 1. The number of alkyl halides is 4. The number of aromatic nitrogens is 2. The zero-order chi connectivity index (χ0) is 34.9. The number of fused-ring (bicyclic) bond motifs is 7. The van der Waals surface area contributed by atoms with Gasteiger partial charge in [-0.15, -0.1) is 11.3 Å². The number of halogens is 6. The number of rotatable bonds is 4. The van der Waals surface area contributed by atoms with Gasteiger partial charge in [0.05, 0.1) is 33.9 Å². The summed E-state index contributed by atoms with van der Waals surface area (Å²) in [5, 5.41) is 13.1. The number of hydrogen-bond donors (Lipinski definition) is 2.